The Bertz CT molecular complexity index is 407. The van der Waals surface area contributed by atoms with Crippen LogP contribution in [0.15, 0.2) is 0 Å². The Kier molecular flexibility index (Phi) is 4.58. The summed E-state index contributed by atoms with van der Waals surface area (Å²) < 4.78 is 39.0. The molecule has 0 aromatic rings. The lowest BCUT2D eigenvalue weighted by atomic mass is 9.56. The molecule has 0 heterocycles. The largest absolute Gasteiger partial charge is 0.391 e. The van der Waals surface area contributed by atoms with Gasteiger partial charge >= 0.3 is 6.18 Å². The number of nitrogens with zero attached hydrogens (tertiary/aromatic N) is 1. The summed E-state index contributed by atoms with van der Waals surface area (Å²) in [6.07, 6.45) is -0.0634. The lowest BCUT2D eigenvalue weighted by Gasteiger charge is -2.50. The predicted octanol–water partition coefficient (Wildman–Crippen LogP) is 4.58. The molecule has 2 aliphatic carbocycles. The maximum atomic E-state index is 13.0. The summed E-state index contributed by atoms with van der Waals surface area (Å²) in [7, 11) is 0. The molecule has 0 radical (unpaired) electrons. The molecule has 0 aliphatic heterocycles. The van der Waals surface area contributed by atoms with Gasteiger partial charge in [-0.1, -0.05) is 13.3 Å². The number of nitriles is 1. The van der Waals surface area contributed by atoms with Crippen LogP contribution in [0.4, 0.5) is 13.2 Å². The Morgan fingerprint density at radius 3 is 2.29 bits per heavy atom. The van der Waals surface area contributed by atoms with Gasteiger partial charge in [-0.2, -0.15) is 18.4 Å². The Hall–Kier alpha value is -0.760. The summed E-state index contributed by atoms with van der Waals surface area (Å²) in [5, 5.41) is 20.5. The normalized spacial score (nSPS) is 41.5. The highest BCUT2D eigenvalue weighted by molar-refractivity contribution is 5.14. The Morgan fingerprint density at radius 2 is 1.81 bits per heavy atom. The van der Waals surface area contributed by atoms with E-state index in [1.807, 2.05) is 0 Å². The summed E-state index contributed by atoms with van der Waals surface area (Å²) in [6, 6.07) is 2.23. The van der Waals surface area contributed by atoms with Gasteiger partial charge in [-0.3, -0.25) is 0 Å². The molecule has 120 valence electrons. The molecule has 5 heteroatoms. The zero-order chi connectivity index (χ0) is 15.7. The summed E-state index contributed by atoms with van der Waals surface area (Å²) in [4.78, 5) is 0. The van der Waals surface area contributed by atoms with Gasteiger partial charge in [0.15, 0.2) is 0 Å². The van der Waals surface area contributed by atoms with Crippen LogP contribution in [-0.4, -0.2) is 16.9 Å². The minimum absolute atomic E-state index is 0.0743. The second-order valence-electron chi connectivity index (χ2n) is 6.91. The van der Waals surface area contributed by atoms with E-state index >= 15 is 0 Å². The predicted molar refractivity (Wildman–Crippen MR) is 73.3 cm³/mol. The number of hydrogen-bond donors (Lipinski definition) is 1. The molecular formula is C16H24F3NO. The third-order valence-corrected chi connectivity index (χ3v) is 5.83. The molecule has 2 unspecified atom stereocenters. The Labute approximate surface area is 124 Å². The van der Waals surface area contributed by atoms with Gasteiger partial charge in [0.25, 0.3) is 0 Å². The minimum Gasteiger partial charge on any atom is -0.388 e. The summed E-state index contributed by atoms with van der Waals surface area (Å²) in [5.41, 5.74) is -2.46. The van der Waals surface area contributed by atoms with Crippen LogP contribution in [0.3, 0.4) is 0 Å². The zero-order valence-corrected chi connectivity index (χ0v) is 12.5. The van der Waals surface area contributed by atoms with Crippen LogP contribution in [0.5, 0.6) is 0 Å². The average Bonchev–Trinajstić information content (AvgIpc) is 2.46. The second kappa shape index (κ2) is 5.79. The monoisotopic (exact) mass is 303 g/mol. The van der Waals surface area contributed by atoms with E-state index < -0.39 is 23.1 Å². The fourth-order valence-corrected chi connectivity index (χ4v) is 4.23. The van der Waals surface area contributed by atoms with Crippen molar-refractivity contribution in [2.24, 2.45) is 17.3 Å². The van der Waals surface area contributed by atoms with Gasteiger partial charge in [0.2, 0.25) is 0 Å². The van der Waals surface area contributed by atoms with E-state index in [1.54, 1.807) is 0 Å². The smallest absolute Gasteiger partial charge is 0.388 e. The standard InChI is InChI=1S/C16H24F3NO/c1-2-12-5-8-14(11-20,9-6-12)15(21)7-3-4-13(10-15)16(17,18)19/h12-13,21H,2-10H2,1H3. The molecular weight excluding hydrogens is 279 g/mol. The molecule has 2 aliphatic rings. The van der Waals surface area contributed by atoms with Crippen molar-refractivity contribution in [2.45, 2.75) is 76.5 Å². The van der Waals surface area contributed by atoms with Crippen molar-refractivity contribution in [1.29, 1.82) is 5.26 Å². The molecule has 21 heavy (non-hydrogen) atoms. The highest BCUT2D eigenvalue weighted by Crippen LogP contribution is 2.54. The first-order valence-corrected chi connectivity index (χ1v) is 7.97. The first kappa shape index (κ1) is 16.6. The van der Waals surface area contributed by atoms with E-state index in [0.29, 0.717) is 31.6 Å². The van der Waals surface area contributed by atoms with Crippen molar-refractivity contribution in [1.82, 2.24) is 0 Å². The van der Waals surface area contributed by atoms with Crippen LogP contribution in [0.1, 0.15) is 64.7 Å². The van der Waals surface area contributed by atoms with E-state index in [1.165, 1.54) is 0 Å². The first-order valence-electron chi connectivity index (χ1n) is 7.97. The van der Waals surface area contributed by atoms with Gasteiger partial charge in [0.05, 0.1) is 23.0 Å². The van der Waals surface area contributed by atoms with Crippen molar-refractivity contribution in [3.8, 4) is 6.07 Å². The molecule has 2 fully saturated rings. The molecule has 0 saturated heterocycles. The molecule has 0 amide bonds. The molecule has 2 saturated carbocycles. The van der Waals surface area contributed by atoms with Crippen molar-refractivity contribution < 1.29 is 18.3 Å². The molecule has 0 aromatic heterocycles. The van der Waals surface area contributed by atoms with Gasteiger partial charge < -0.3 is 5.11 Å². The summed E-state index contributed by atoms with van der Waals surface area (Å²) in [5.74, 6) is -0.928. The maximum Gasteiger partial charge on any atom is 0.391 e. The van der Waals surface area contributed by atoms with Crippen molar-refractivity contribution in [3.05, 3.63) is 0 Å². The van der Waals surface area contributed by atoms with E-state index in [0.717, 1.165) is 19.3 Å². The van der Waals surface area contributed by atoms with E-state index in [4.69, 9.17) is 0 Å². The first-order chi connectivity index (χ1) is 9.76. The summed E-state index contributed by atoms with van der Waals surface area (Å²) in [6.45, 7) is 2.10. The van der Waals surface area contributed by atoms with Gasteiger partial charge in [-0.05, 0) is 57.3 Å². The van der Waals surface area contributed by atoms with Crippen LogP contribution in [0, 0.1) is 28.6 Å². The third kappa shape index (κ3) is 3.06. The minimum atomic E-state index is -4.27. The van der Waals surface area contributed by atoms with Gasteiger partial charge in [0, 0.05) is 0 Å². The van der Waals surface area contributed by atoms with Crippen molar-refractivity contribution in [2.75, 3.05) is 0 Å². The third-order valence-electron chi connectivity index (χ3n) is 5.83. The SMILES string of the molecule is CCC1CCC(C#N)(C2(O)CCCC(C(F)(F)F)C2)CC1. The topological polar surface area (TPSA) is 44.0 Å². The molecule has 2 nitrogen and oxygen atoms in total. The second-order valence-corrected chi connectivity index (χ2v) is 6.91. The number of rotatable bonds is 2. The molecule has 0 aromatic carbocycles. The quantitative estimate of drug-likeness (QED) is 0.811. The number of alkyl halides is 3. The van der Waals surface area contributed by atoms with Crippen molar-refractivity contribution in [3.63, 3.8) is 0 Å². The fraction of sp³-hybridized carbons (Fsp3) is 0.938. The average molecular weight is 303 g/mol. The number of hydrogen-bond acceptors (Lipinski definition) is 2. The van der Waals surface area contributed by atoms with Crippen LogP contribution in [0.25, 0.3) is 0 Å². The number of aliphatic hydroxyl groups is 1. The summed E-state index contributed by atoms with van der Waals surface area (Å²) >= 11 is 0. The Morgan fingerprint density at radius 1 is 1.19 bits per heavy atom. The molecule has 2 rings (SSSR count). The molecule has 0 spiro atoms. The van der Waals surface area contributed by atoms with Crippen molar-refractivity contribution >= 4 is 0 Å². The van der Waals surface area contributed by atoms with Gasteiger partial charge in [-0.25, -0.2) is 0 Å². The number of halogens is 3. The fourth-order valence-electron chi connectivity index (χ4n) is 4.23. The highest BCUT2D eigenvalue weighted by Gasteiger charge is 2.57. The highest BCUT2D eigenvalue weighted by atomic mass is 19.4. The van der Waals surface area contributed by atoms with E-state index in [2.05, 4.69) is 13.0 Å². The lowest BCUT2D eigenvalue weighted by molar-refractivity contribution is -0.215. The van der Waals surface area contributed by atoms with E-state index in [9.17, 15) is 23.5 Å². The van der Waals surface area contributed by atoms with Gasteiger partial charge in [0.1, 0.15) is 0 Å². The van der Waals surface area contributed by atoms with Crippen LogP contribution in [0.2, 0.25) is 0 Å². The molecule has 0 bridgehead atoms. The Balaban J connectivity index is 2.19. The molecule has 1 N–H and O–H groups in total. The zero-order valence-electron chi connectivity index (χ0n) is 12.5. The van der Waals surface area contributed by atoms with Gasteiger partial charge in [-0.15, -0.1) is 0 Å². The van der Waals surface area contributed by atoms with E-state index in [-0.39, 0.29) is 12.8 Å². The van der Waals surface area contributed by atoms with Crippen LogP contribution >= 0.6 is 0 Å². The lowest BCUT2D eigenvalue weighted by Crippen LogP contribution is -2.53. The van der Waals surface area contributed by atoms with Crippen LogP contribution in [-0.2, 0) is 0 Å². The molecule has 2 atom stereocenters. The maximum absolute atomic E-state index is 13.0. The van der Waals surface area contributed by atoms with Crippen LogP contribution < -0.4 is 0 Å².